The minimum atomic E-state index is -0.470. The molecule has 1 N–H and O–H groups in total. The lowest BCUT2D eigenvalue weighted by atomic mass is 9.94. The van der Waals surface area contributed by atoms with Crippen LogP contribution in [0.1, 0.15) is 40.7 Å². The number of hydrogen-bond acceptors (Lipinski definition) is 4. The van der Waals surface area contributed by atoms with Crippen molar-refractivity contribution in [3.63, 3.8) is 0 Å². The maximum Gasteiger partial charge on any atom is 0.255 e. The molecule has 36 heavy (non-hydrogen) atoms. The van der Waals surface area contributed by atoms with Gasteiger partial charge >= 0.3 is 0 Å². The second kappa shape index (κ2) is 12.8. The number of carbonyl (C=O) groups is 2. The van der Waals surface area contributed by atoms with Crippen molar-refractivity contribution < 1.29 is 18.7 Å². The molecule has 0 fully saturated rings. The molecule has 0 saturated heterocycles. The third kappa shape index (κ3) is 6.92. The Morgan fingerprint density at radius 2 is 1.75 bits per heavy atom. The van der Waals surface area contributed by atoms with Crippen molar-refractivity contribution >= 4 is 23.2 Å². The molecule has 190 valence electrons. The van der Waals surface area contributed by atoms with Gasteiger partial charge in [0, 0.05) is 51.2 Å². The quantitative estimate of drug-likeness (QED) is 0.395. The van der Waals surface area contributed by atoms with Gasteiger partial charge in [0.1, 0.15) is 5.82 Å². The highest BCUT2D eigenvalue weighted by molar-refractivity contribution is 6.04. The first-order valence-corrected chi connectivity index (χ1v) is 12.0. The number of benzene rings is 3. The van der Waals surface area contributed by atoms with Crippen LogP contribution in [0.3, 0.4) is 0 Å². The highest BCUT2D eigenvalue weighted by atomic mass is 19.1. The fraction of sp³-hybridized carbons (Fsp3) is 0.310. The van der Waals surface area contributed by atoms with Gasteiger partial charge in [0.15, 0.2) is 0 Å². The minimum Gasteiger partial charge on any atom is -0.383 e. The first-order valence-electron chi connectivity index (χ1n) is 12.0. The predicted molar refractivity (Wildman–Crippen MR) is 142 cm³/mol. The van der Waals surface area contributed by atoms with E-state index < -0.39 is 11.7 Å². The van der Waals surface area contributed by atoms with Crippen LogP contribution in [-0.4, -0.2) is 51.1 Å². The molecule has 0 aliphatic rings. The van der Waals surface area contributed by atoms with Gasteiger partial charge in [-0.3, -0.25) is 9.59 Å². The Morgan fingerprint density at radius 3 is 2.39 bits per heavy atom. The van der Waals surface area contributed by atoms with E-state index in [2.05, 4.69) is 5.32 Å². The number of rotatable bonds is 11. The van der Waals surface area contributed by atoms with Crippen molar-refractivity contribution in [1.29, 1.82) is 0 Å². The summed E-state index contributed by atoms with van der Waals surface area (Å²) in [5.41, 5.74) is 3.60. The summed E-state index contributed by atoms with van der Waals surface area (Å²) < 4.78 is 18.9. The van der Waals surface area contributed by atoms with Gasteiger partial charge in [0.2, 0.25) is 5.91 Å². The van der Waals surface area contributed by atoms with Gasteiger partial charge in [-0.15, -0.1) is 0 Å². The van der Waals surface area contributed by atoms with Crippen molar-refractivity contribution in [2.75, 3.05) is 44.6 Å². The van der Waals surface area contributed by atoms with Gasteiger partial charge in [0.05, 0.1) is 12.5 Å². The normalized spacial score (nSPS) is 11.6. The Hall–Kier alpha value is -3.71. The molecule has 0 saturated carbocycles. The highest BCUT2D eigenvalue weighted by Crippen LogP contribution is 2.28. The van der Waals surface area contributed by atoms with Gasteiger partial charge in [-0.25, -0.2) is 4.39 Å². The number of carbonyl (C=O) groups excluding carboxylic acids is 2. The predicted octanol–water partition coefficient (Wildman–Crippen LogP) is 5.31. The topological polar surface area (TPSA) is 61.9 Å². The van der Waals surface area contributed by atoms with Crippen LogP contribution in [-0.2, 0) is 16.1 Å². The number of methoxy groups -OCH3 is 1. The monoisotopic (exact) mass is 491 g/mol. The van der Waals surface area contributed by atoms with E-state index in [9.17, 15) is 14.0 Å². The van der Waals surface area contributed by atoms with Crippen molar-refractivity contribution in [3.8, 4) is 0 Å². The molecule has 3 aromatic carbocycles. The van der Waals surface area contributed by atoms with E-state index in [-0.39, 0.29) is 17.4 Å². The fourth-order valence-electron chi connectivity index (χ4n) is 4.19. The molecule has 0 radical (unpaired) electrons. The molecule has 0 unspecified atom stereocenters. The standard InChI is InChI=1S/C29H34FN3O3/c1-5-26(21-10-7-6-8-11-21)29(35)33(16-17-36-4)20-23-19-25(14-15-27(23)32(2)3)31-28(34)22-12-9-13-24(30)18-22/h6-15,18-19,26H,5,16-17,20H2,1-4H3,(H,31,34)/t26-/m1/s1. The van der Waals surface area contributed by atoms with Crippen molar-refractivity contribution in [1.82, 2.24) is 4.90 Å². The molecule has 1 atom stereocenters. The molecular formula is C29H34FN3O3. The van der Waals surface area contributed by atoms with Crippen LogP contribution in [0.4, 0.5) is 15.8 Å². The smallest absolute Gasteiger partial charge is 0.255 e. The van der Waals surface area contributed by atoms with Crippen LogP contribution in [0.25, 0.3) is 0 Å². The summed E-state index contributed by atoms with van der Waals surface area (Å²) in [7, 11) is 5.49. The molecule has 3 rings (SSSR count). The largest absolute Gasteiger partial charge is 0.383 e. The van der Waals surface area contributed by atoms with E-state index in [1.54, 1.807) is 19.2 Å². The minimum absolute atomic E-state index is 0.0275. The third-order valence-corrected chi connectivity index (χ3v) is 6.05. The highest BCUT2D eigenvalue weighted by Gasteiger charge is 2.25. The summed E-state index contributed by atoms with van der Waals surface area (Å²) in [5.74, 6) is -1.11. The van der Waals surface area contributed by atoms with Crippen LogP contribution in [0.5, 0.6) is 0 Å². The average molecular weight is 492 g/mol. The lowest BCUT2D eigenvalue weighted by molar-refractivity contribution is -0.134. The van der Waals surface area contributed by atoms with Crippen LogP contribution < -0.4 is 10.2 Å². The Balaban J connectivity index is 1.90. The zero-order valence-electron chi connectivity index (χ0n) is 21.3. The Bertz CT molecular complexity index is 1170. The second-order valence-corrected chi connectivity index (χ2v) is 8.83. The van der Waals surface area contributed by atoms with E-state index in [0.29, 0.717) is 31.8 Å². The SMILES string of the molecule is CC[C@@H](C(=O)N(CCOC)Cc1cc(NC(=O)c2cccc(F)c2)ccc1N(C)C)c1ccccc1. The number of hydrogen-bond donors (Lipinski definition) is 1. The van der Waals surface area contributed by atoms with Gasteiger partial charge in [-0.05, 0) is 53.9 Å². The molecule has 0 aliphatic heterocycles. The Morgan fingerprint density at radius 1 is 1.00 bits per heavy atom. The van der Waals surface area contributed by atoms with Crippen molar-refractivity contribution in [2.24, 2.45) is 0 Å². The Kier molecular flexibility index (Phi) is 9.59. The molecule has 0 aromatic heterocycles. The zero-order valence-corrected chi connectivity index (χ0v) is 21.3. The number of anilines is 2. The number of halogens is 1. The van der Waals surface area contributed by atoms with Gasteiger partial charge in [-0.1, -0.05) is 43.3 Å². The molecule has 0 heterocycles. The Labute approximate surface area is 212 Å². The molecule has 0 spiro atoms. The van der Waals surface area contributed by atoms with Gasteiger partial charge in [0.25, 0.3) is 5.91 Å². The first kappa shape index (κ1) is 26.9. The molecule has 7 heteroatoms. The summed E-state index contributed by atoms with van der Waals surface area (Å²) >= 11 is 0. The summed E-state index contributed by atoms with van der Waals surface area (Å²) in [6.07, 6.45) is 0.677. The van der Waals surface area contributed by atoms with E-state index in [0.717, 1.165) is 16.8 Å². The van der Waals surface area contributed by atoms with Crippen LogP contribution in [0, 0.1) is 5.82 Å². The van der Waals surface area contributed by atoms with Crippen LogP contribution >= 0.6 is 0 Å². The zero-order chi connectivity index (χ0) is 26.1. The average Bonchev–Trinajstić information content (AvgIpc) is 2.87. The lowest BCUT2D eigenvalue weighted by Crippen LogP contribution is -2.37. The summed E-state index contributed by atoms with van der Waals surface area (Å²) in [6.45, 7) is 3.20. The van der Waals surface area contributed by atoms with Crippen LogP contribution in [0.15, 0.2) is 72.8 Å². The lowest BCUT2D eigenvalue weighted by Gasteiger charge is -2.29. The first-order chi connectivity index (χ1) is 17.3. The van der Waals surface area contributed by atoms with Gasteiger partial charge in [-0.2, -0.15) is 0 Å². The van der Waals surface area contributed by atoms with Crippen LogP contribution in [0.2, 0.25) is 0 Å². The molecule has 0 aliphatic carbocycles. The number of ether oxygens (including phenoxy) is 1. The summed E-state index contributed by atoms with van der Waals surface area (Å²) in [5, 5.41) is 2.85. The van der Waals surface area contributed by atoms with Gasteiger partial charge < -0.3 is 19.9 Å². The van der Waals surface area contributed by atoms with Crippen molar-refractivity contribution in [3.05, 3.63) is 95.3 Å². The number of amides is 2. The molecule has 3 aromatic rings. The fourth-order valence-corrected chi connectivity index (χ4v) is 4.19. The third-order valence-electron chi connectivity index (χ3n) is 6.05. The summed E-state index contributed by atoms with van der Waals surface area (Å²) in [4.78, 5) is 30.2. The maximum atomic E-state index is 13.7. The molecule has 2 amide bonds. The molecular weight excluding hydrogens is 457 g/mol. The maximum absolute atomic E-state index is 13.7. The number of nitrogens with zero attached hydrogens (tertiary/aromatic N) is 2. The van der Waals surface area contributed by atoms with E-state index in [1.165, 1.54) is 18.2 Å². The number of nitrogens with one attached hydrogen (secondary N) is 1. The molecule has 0 bridgehead atoms. The van der Waals surface area contributed by atoms with Crippen molar-refractivity contribution in [2.45, 2.75) is 25.8 Å². The van der Waals surface area contributed by atoms with E-state index >= 15 is 0 Å². The summed E-state index contributed by atoms with van der Waals surface area (Å²) in [6, 6.07) is 20.9. The van der Waals surface area contributed by atoms with E-state index in [1.807, 2.05) is 73.3 Å². The molecule has 6 nitrogen and oxygen atoms in total. The van der Waals surface area contributed by atoms with E-state index in [4.69, 9.17) is 4.74 Å². The second-order valence-electron chi connectivity index (χ2n) is 8.83.